The summed E-state index contributed by atoms with van der Waals surface area (Å²) in [4.78, 5) is 42.6. The number of ether oxygens (including phenoxy) is 2. The predicted molar refractivity (Wildman–Crippen MR) is 184 cm³/mol. The fraction of sp³-hybridized carbons (Fsp3) is 0.359. The number of benzene rings is 3. The number of amides is 1. The molecule has 8 nitrogen and oxygen atoms in total. The standard InChI is InChI=1S/C39H35F8N3O5/c1-4-54-33(52)16-30-27-13-24(14-29(35(27)41)39(45,46)47)34-21(3)10-20(2)11-31(34)55-26-7-5-6-22(12-26)36(37(53)48-30)50-17-23(8-9-49-18-25(40)19-49)28(15-32(50)51)38(42,43)44/h5-7,10-15,17,25,30,36H,4,8-9,16,18-19H2,1-3H3,(H,48,53)/t30-,36?/m0/s1. The molecule has 2 aliphatic heterocycles. The van der Waals surface area contributed by atoms with Gasteiger partial charge in [0.25, 0.3) is 5.56 Å². The van der Waals surface area contributed by atoms with Gasteiger partial charge >= 0.3 is 18.3 Å². The number of pyridine rings is 1. The molecule has 4 aromatic rings. The molecular formula is C39H35F8N3O5. The molecule has 3 aromatic carbocycles. The molecule has 1 unspecified atom stereocenters. The first-order valence-electron chi connectivity index (χ1n) is 17.3. The van der Waals surface area contributed by atoms with E-state index in [0.29, 0.717) is 23.3 Å². The van der Waals surface area contributed by atoms with Crippen LogP contribution in [0.25, 0.3) is 11.1 Å². The first kappa shape index (κ1) is 39.4. The van der Waals surface area contributed by atoms with Crippen LogP contribution in [0.2, 0.25) is 0 Å². The van der Waals surface area contributed by atoms with Crippen LogP contribution in [0, 0.1) is 19.7 Å². The number of rotatable bonds is 7. The van der Waals surface area contributed by atoms with Gasteiger partial charge in [-0.2, -0.15) is 26.3 Å². The number of aromatic nitrogens is 1. The molecule has 2 aliphatic rings. The average Bonchev–Trinajstić information content (AvgIpc) is 3.06. The van der Waals surface area contributed by atoms with Crippen LogP contribution in [0.3, 0.4) is 0 Å². The van der Waals surface area contributed by atoms with Crippen molar-refractivity contribution >= 4 is 11.9 Å². The number of hydrogen-bond acceptors (Lipinski definition) is 6. The maximum Gasteiger partial charge on any atom is 0.419 e. The molecule has 1 saturated heterocycles. The number of likely N-dealkylation sites (tertiary alicyclic amines) is 1. The monoisotopic (exact) mass is 777 g/mol. The number of fused-ring (bicyclic) bond motifs is 6. The van der Waals surface area contributed by atoms with Crippen molar-refractivity contribution in [3.63, 3.8) is 0 Å². The van der Waals surface area contributed by atoms with Gasteiger partial charge in [0.15, 0.2) is 0 Å². The minimum atomic E-state index is -5.25. The van der Waals surface area contributed by atoms with Gasteiger partial charge < -0.3 is 14.8 Å². The highest BCUT2D eigenvalue weighted by Gasteiger charge is 2.40. The third-order valence-corrected chi connectivity index (χ3v) is 9.51. The highest BCUT2D eigenvalue weighted by molar-refractivity contribution is 5.85. The van der Waals surface area contributed by atoms with Gasteiger partial charge in [-0.3, -0.25) is 23.9 Å². The normalized spacial score (nSPS) is 17.8. The number of esters is 1. The molecule has 0 aliphatic carbocycles. The summed E-state index contributed by atoms with van der Waals surface area (Å²) in [7, 11) is 0. The number of hydrogen-bond donors (Lipinski definition) is 1. The molecule has 1 aromatic heterocycles. The Labute approximate surface area is 309 Å². The van der Waals surface area contributed by atoms with E-state index in [-0.39, 0.29) is 60.9 Å². The van der Waals surface area contributed by atoms with Crippen LogP contribution in [0.5, 0.6) is 11.5 Å². The second-order valence-electron chi connectivity index (χ2n) is 13.6. The summed E-state index contributed by atoms with van der Waals surface area (Å²) < 4.78 is 128. The lowest BCUT2D eigenvalue weighted by Gasteiger charge is -2.34. The Bertz CT molecular complexity index is 2190. The van der Waals surface area contributed by atoms with E-state index in [1.165, 1.54) is 37.3 Å². The number of nitrogens with zero attached hydrogens (tertiary/aromatic N) is 2. The summed E-state index contributed by atoms with van der Waals surface area (Å²) >= 11 is 0. The Kier molecular flexibility index (Phi) is 10.8. The average molecular weight is 778 g/mol. The van der Waals surface area contributed by atoms with Crippen molar-refractivity contribution in [2.45, 2.75) is 64.2 Å². The molecule has 4 bridgehead atoms. The quantitative estimate of drug-likeness (QED) is 0.151. The number of aryl methyl sites for hydroxylation is 2. The largest absolute Gasteiger partial charge is 0.466 e. The lowest BCUT2D eigenvalue weighted by atomic mass is 9.91. The molecule has 0 spiro atoms. The molecule has 292 valence electrons. The zero-order valence-corrected chi connectivity index (χ0v) is 29.7. The second-order valence-corrected chi connectivity index (χ2v) is 13.6. The van der Waals surface area contributed by atoms with Crippen LogP contribution in [0.4, 0.5) is 35.1 Å². The zero-order valence-electron chi connectivity index (χ0n) is 29.7. The first-order chi connectivity index (χ1) is 25.8. The van der Waals surface area contributed by atoms with Crippen molar-refractivity contribution in [2.24, 2.45) is 0 Å². The van der Waals surface area contributed by atoms with Gasteiger partial charge in [-0.05, 0) is 85.3 Å². The summed E-state index contributed by atoms with van der Waals surface area (Å²) in [6.07, 6.45) is -11.7. The Morgan fingerprint density at radius 3 is 2.33 bits per heavy atom. The van der Waals surface area contributed by atoms with E-state index in [4.69, 9.17) is 9.47 Å². The third-order valence-electron chi connectivity index (χ3n) is 9.51. The van der Waals surface area contributed by atoms with Gasteiger partial charge in [-0.15, -0.1) is 0 Å². The number of carbonyl (C=O) groups excluding carboxylic acids is 2. The van der Waals surface area contributed by atoms with Crippen LogP contribution < -0.4 is 15.6 Å². The van der Waals surface area contributed by atoms with Crippen molar-refractivity contribution in [3.05, 3.63) is 116 Å². The third kappa shape index (κ3) is 8.38. The minimum absolute atomic E-state index is 0.00109. The Morgan fingerprint density at radius 1 is 0.964 bits per heavy atom. The van der Waals surface area contributed by atoms with Crippen LogP contribution in [-0.4, -0.2) is 53.8 Å². The van der Waals surface area contributed by atoms with Gasteiger partial charge in [0.2, 0.25) is 5.91 Å². The molecule has 1 N–H and O–H groups in total. The van der Waals surface area contributed by atoms with Crippen molar-refractivity contribution in [2.75, 3.05) is 26.2 Å². The van der Waals surface area contributed by atoms with Crippen LogP contribution >= 0.6 is 0 Å². The maximum atomic E-state index is 16.2. The molecule has 1 fully saturated rings. The van der Waals surface area contributed by atoms with Crippen molar-refractivity contribution in [1.29, 1.82) is 0 Å². The smallest absolute Gasteiger partial charge is 0.419 e. The topological polar surface area (TPSA) is 89.9 Å². The van der Waals surface area contributed by atoms with Gasteiger partial charge in [-0.25, -0.2) is 8.78 Å². The fourth-order valence-corrected chi connectivity index (χ4v) is 7.04. The number of alkyl halides is 7. The van der Waals surface area contributed by atoms with Gasteiger partial charge in [0.1, 0.15) is 29.5 Å². The molecule has 16 heteroatoms. The van der Waals surface area contributed by atoms with Crippen molar-refractivity contribution < 1.29 is 54.2 Å². The number of halogens is 8. The van der Waals surface area contributed by atoms with E-state index in [9.17, 15) is 45.1 Å². The van der Waals surface area contributed by atoms with E-state index in [1.54, 1.807) is 24.8 Å². The molecule has 0 saturated carbocycles. The second kappa shape index (κ2) is 15.1. The molecule has 2 atom stereocenters. The lowest BCUT2D eigenvalue weighted by molar-refractivity contribution is -0.144. The van der Waals surface area contributed by atoms with Crippen LogP contribution in [-0.2, 0) is 33.1 Å². The van der Waals surface area contributed by atoms with Gasteiger partial charge in [0, 0.05) is 43.0 Å². The van der Waals surface area contributed by atoms with Crippen LogP contribution in [0.1, 0.15) is 64.4 Å². The molecule has 1 amide bonds. The van der Waals surface area contributed by atoms with Crippen molar-refractivity contribution in [3.8, 4) is 22.6 Å². The number of carbonyl (C=O) groups is 2. The summed E-state index contributed by atoms with van der Waals surface area (Å²) in [5, 5.41) is 2.42. The van der Waals surface area contributed by atoms with E-state index in [0.717, 1.165) is 16.8 Å². The fourth-order valence-electron chi connectivity index (χ4n) is 7.04. The van der Waals surface area contributed by atoms with E-state index >= 15 is 4.39 Å². The Hall–Kier alpha value is -5.25. The summed E-state index contributed by atoms with van der Waals surface area (Å²) in [5.41, 5.74) is -4.31. The highest BCUT2D eigenvalue weighted by atomic mass is 19.4. The van der Waals surface area contributed by atoms with E-state index in [2.05, 4.69) is 5.32 Å². The zero-order chi connectivity index (χ0) is 40.0. The summed E-state index contributed by atoms with van der Waals surface area (Å²) in [6.45, 7) is 4.64. The van der Waals surface area contributed by atoms with Gasteiger partial charge in [-0.1, -0.05) is 18.2 Å². The molecular weight excluding hydrogens is 742 g/mol. The molecule has 6 rings (SSSR count). The maximum absolute atomic E-state index is 16.2. The van der Waals surface area contributed by atoms with E-state index < -0.39 is 82.5 Å². The molecule has 0 radical (unpaired) electrons. The minimum Gasteiger partial charge on any atom is -0.466 e. The van der Waals surface area contributed by atoms with Crippen LogP contribution in [0.15, 0.2) is 65.6 Å². The van der Waals surface area contributed by atoms with E-state index in [1.807, 2.05) is 0 Å². The summed E-state index contributed by atoms with van der Waals surface area (Å²) in [6, 6.07) is 7.17. The number of nitrogens with one attached hydrogen (secondary N) is 1. The predicted octanol–water partition coefficient (Wildman–Crippen LogP) is 8.01. The SMILES string of the molecule is CCOC(=O)C[C@@H]1NC(=O)C(n2cc(CCN3CC(F)C3)c(C(F)(F)F)cc2=O)c2cccc(c2)Oc2cc(C)cc(C)c2-c2cc1c(F)c(C(F)(F)F)c2. The van der Waals surface area contributed by atoms with Crippen molar-refractivity contribution in [1.82, 2.24) is 14.8 Å². The lowest BCUT2D eigenvalue weighted by Crippen LogP contribution is -2.49. The Morgan fingerprint density at radius 2 is 1.67 bits per heavy atom. The summed E-state index contributed by atoms with van der Waals surface area (Å²) in [5.74, 6) is -3.89. The van der Waals surface area contributed by atoms with Gasteiger partial charge in [0.05, 0.1) is 30.2 Å². The first-order valence-corrected chi connectivity index (χ1v) is 17.3. The molecule has 55 heavy (non-hydrogen) atoms. The highest BCUT2D eigenvalue weighted by Crippen LogP contribution is 2.44. The molecule has 3 heterocycles. The Balaban J connectivity index is 1.60.